The van der Waals surface area contributed by atoms with Crippen molar-refractivity contribution in [2.24, 2.45) is 5.41 Å². The van der Waals surface area contributed by atoms with Gasteiger partial charge >= 0.3 is 12.0 Å². The van der Waals surface area contributed by atoms with Crippen LogP contribution in [-0.4, -0.2) is 23.1 Å². The molecule has 0 heterocycles. The zero-order chi connectivity index (χ0) is 15.6. The number of rotatable bonds is 3. The maximum atomic E-state index is 12.0. The van der Waals surface area contributed by atoms with Crippen molar-refractivity contribution in [3.63, 3.8) is 0 Å². The molecule has 1 aromatic rings. The Morgan fingerprint density at radius 2 is 2.10 bits per heavy atom. The quantitative estimate of drug-likeness (QED) is 0.771. The summed E-state index contributed by atoms with van der Waals surface area (Å²) in [6.45, 7) is 4.37. The first kappa shape index (κ1) is 15.8. The van der Waals surface area contributed by atoms with Gasteiger partial charge in [-0.15, -0.1) is 0 Å². The second-order valence-corrected chi connectivity index (χ2v) is 7.11. The number of carboxylic acids is 1. The van der Waals surface area contributed by atoms with Crippen LogP contribution in [0.25, 0.3) is 0 Å². The van der Waals surface area contributed by atoms with Crippen LogP contribution >= 0.6 is 15.9 Å². The molecule has 1 aromatic carbocycles. The van der Waals surface area contributed by atoms with Gasteiger partial charge in [-0.05, 0) is 42.9 Å². The highest BCUT2D eigenvalue weighted by Gasteiger charge is 2.31. The number of carbonyl (C=O) groups is 2. The number of halogens is 1. The predicted octanol–water partition coefficient (Wildman–Crippen LogP) is 3.85. The first-order chi connectivity index (χ1) is 9.77. The molecular weight excluding hydrogens is 336 g/mol. The normalized spacial score (nSPS) is 20.0. The van der Waals surface area contributed by atoms with E-state index in [1.807, 2.05) is 0 Å². The Hall–Kier alpha value is -1.56. The van der Waals surface area contributed by atoms with E-state index in [1.165, 1.54) is 6.07 Å². The minimum atomic E-state index is -1.07. The van der Waals surface area contributed by atoms with Crippen LogP contribution in [0.3, 0.4) is 0 Å². The van der Waals surface area contributed by atoms with E-state index in [4.69, 9.17) is 5.11 Å². The number of amides is 2. The molecule has 1 atom stereocenters. The summed E-state index contributed by atoms with van der Waals surface area (Å²) in [5.41, 5.74) is 0.603. The second-order valence-electron chi connectivity index (χ2n) is 6.20. The van der Waals surface area contributed by atoms with E-state index < -0.39 is 5.97 Å². The van der Waals surface area contributed by atoms with E-state index in [0.717, 1.165) is 19.3 Å². The molecule has 1 aliphatic carbocycles. The van der Waals surface area contributed by atoms with Crippen LogP contribution in [0, 0.1) is 5.41 Å². The first-order valence-corrected chi connectivity index (χ1v) is 7.66. The molecular formula is C15H19BrN2O3. The molecule has 1 fully saturated rings. The number of anilines is 1. The Morgan fingerprint density at radius 1 is 1.38 bits per heavy atom. The van der Waals surface area contributed by atoms with Crippen molar-refractivity contribution in [1.29, 1.82) is 0 Å². The van der Waals surface area contributed by atoms with Gasteiger partial charge in [0.05, 0.1) is 11.3 Å². The number of carbonyl (C=O) groups excluding carboxylic acids is 1. The van der Waals surface area contributed by atoms with E-state index in [0.29, 0.717) is 4.47 Å². The molecule has 6 heteroatoms. The lowest BCUT2D eigenvalue weighted by Crippen LogP contribution is -2.37. The summed E-state index contributed by atoms with van der Waals surface area (Å²) >= 11 is 3.27. The third-order valence-electron chi connectivity index (χ3n) is 3.76. The SMILES string of the molecule is CC1(C)CCC(NC(=O)Nc2cc(Br)ccc2C(=O)O)C1. The number of aromatic carboxylic acids is 1. The Balaban J connectivity index is 2.03. The molecule has 0 saturated heterocycles. The van der Waals surface area contributed by atoms with Crippen LogP contribution in [0.2, 0.25) is 0 Å². The van der Waals surface area contributed by atoms with E-state index in [9.17, 15) is 9.59 Å². The van der Waals surface area contributed by atoms with E-state index in [2.05, 4.69) is 40.4 Å². The third kappa shape index (κ3) is 4.20. The maximum Gasteiger partial charge on any atom is 0.337 e. The molecule has 5 nitrogen and oxygen atoms in total. The summed E-state index contributed by atoms with van der Waals surface area (Å²) in [6, 6.07) is 4.45. The first-order valence-electron chi connectivity index (χ1n) is 6.87. The zero-order valence-electron chi connectivity index (χ0n) is 12.1. The van der Waals surface area contributed by atoms with Crippen LogP contribution in [0.15, 0.2) is 22.7 Å². The van der Waals surface area contributed by atoms with Crippen LogP contribution in [0.5, 0.6) is 0 Å². The number of hydrogen-bond acceptors (Lipinski definition) is 2. The standard InChI is InChI=1S/C15H19BrN2O3/c1-15(2)6-5-10(8-15)17-14(21)18-12-7-9(16)3-4-11(12)13(19)20/h3-4,7,10H,5-6,8H2,1-2H3,(H,19,20)(H2,17,18,21). The molecule has 3 N–H and O–H groups in total. The van der Waals surface area contributed by atoms with Gasteiger partial charge in [-0.1, -0.05) is 29.8 Å². The van der Waals surface area contributed by atoms with E-state index in [1.54, 1.807) is 12.1 Å². The van der Waals surface area contributed by atoms with Crippen LogP contribution in [0.4, 0.5) is 10.5 Å². The fraction of sp³-hybridized carbons (Fsp3) is 0.467. The average molecular weight is 355 g/mol. The molecule has 1 aliphatic rings. The van der Waals surface area contributed by atoms with Crippen molar-refractivity contribution in [2.75, 3.05) is 5.32 Å². The maximum absolute atomic E-state index is 12.0. The summed E-state index contributed by atoms with van der Waals surface area (Å²) in [5.74, 6) is -1.07. The monoisotopic (exact) mass is 354 g/mol. The lowest BCUT2D eigenvalue weighted by molar-refractivity contribution is 0.0698. The van der Waals surface area contributed by atoms with Crippen LogP contribution in [0.1, 0.15) is 43.5 Å². The van der Waals surface area contributed by atoms with E-state index >= 15 is 0 Å². The number of hydrogen-bond donors (Lipinski definition) is 3. The Kier molecular flexibility index (Phi) is 4.56. The van der Waals surface area contributed by atoms with Gasteiger partial charge in [0.15, 0.2) is 0 Å². The topological polar surface area (TPSA) is 78.4 Å². The second kappa shape index (κ2) is 6.05. The molecule has 114 valence electrons. The summed E-state index contributed by atoms with van der Waals surface area (Å²) < 4.78 is 0.713. The van der Waals surface area contributed by atoms with Gasteiger partial charge in [-0.3, -0.25) is 0 Å². The largest absolute Gasteiger partial charge is 0.478 e. The van der Waals surface area contributed by atoms with Gasteiger partial charge in [-0.25, -0.2) is 9.59 Å². The molecule has 0 aliphatic heterocycles. The molecule has 1 saturated carbocycles. The van der Waals surface area contributed by atoms with Crippen molar-refractivity contribution < 1.29 is 14.7 Å². The lowest BCUT2D eigenvalue weighted by Gasteiger charge is -2.18. The minimum Gasteiger partial charge on any atom is -0.478 e. The third-order valence-corrected chi connectivity index (χ3v) is 4.26. The highest BCUT2D eigenvalue weighted by molar-refractivity contribution is 9.10. The van der Waals surface area contributed by atoms with Gasteiger partial charge in [0.1, 0.15) is 0 Å². The average Bonchev–Trinajstić information content (AvgIpc) is 2.67. The van der Waals surface area contributed by atoms with Gasteiger partial charge in [0.2, 0.25) is 0 Å². The highest BCUT2D eigenvalue weighted by atomic mass is 79.9. The molecule has 1 unspecified atom stereocenters. The number of carboxylic acid groups (broad SMARTS) is 1. The lowest BCUT2D eigenvalue weighted by atomic mass is 9.92. The Labute approximate surface area is 132 Å². The van der Waals surface area contributed by atoms with Gasteiger partial charge in [0.25, 0.3) is 0 Å². The van der Waals surface area contributed by atoms with Gasteiger partial charge in [0, 0.05) is 10.5 Å². The number of nitrogens with one attached hydrogen (secondary N) is 2. The van der Waals surface area contributed by atoms with Gasteiger partial charge < -0.3 is 15.7 Å². The van der Waals surface area contributed by atoms with Crippen molar-refractivity contribution in [1.82, 2.24) is 5.32 Å². The molecule has 0 radical (unpaired) electrons. The van der Waals surface area contributed by atoms with Crippen molar-refractivity contribution >= 4 is 33.6 Å². The summed E-state index contributed by atoms with van der Waals surface area (Å²) in [7, 11) is 0. The molecule has 21 heavy (non-hydrogen) atoms. The number of benzene rings is 1. The van der Waals surface area contributed by atoms with Gasteiger partial charge in [-0.2, -0.15) is 0 Å². The van der Waals surface area contributed by atoms with Crippen molar-refractivity contribution in [3.8, 4) is 0 Å². The molecule has 0 spiro atoms. The Morgan fingerprint density at radius 3 is 2.67 bits per heavy atom. The van der Waals surface area contributed by atoms with Crippen LogP contribution in [-0.2, 0) is 0 Å². The van der Waals surface area contributed by atoms with Crippen molar-refractivity contribution in [2.45, 2.75) is 39.2 Å². The molecule has 2 rings (SSSR count). The Bertz CT molecular complexity index is 572. The fourth-order valence-corrected chi connectivity index (χ4v) is 3.07. The minimum absolute atomic E-state index is 0.0695. The van der Waals surface area contributed by atoms with Crippen molar-refractivity contribution in [3.05, 3.63) is 28.2 Å². The molecule has 0 aromatic heterocycles. The van der Waals surface area contributed by atoms with Crippen LogP contribution < -0.4 is 10.6 Å². The smallest absolute Gasteiger partial charge is 0.337 e. The summed E-state index contributed by atoms with van der Waals surface area (Å²) in [4.78, 5) is 23.2. The molecule has 2 amide bonds. The molecule has 0 bridgehead atoms. The summed E-state index contributed by atoms with van der Waals surface area (Å²) in [5, 5.41) is 14.7. The number of urea groups is 1. The summed E-state index contributed by atoms with van der Waals surface area (Å²) in [6.07, 6.45) is 2.96. The van der Waals surface area contributed by atoms with E-state index in [-0.39, 0.29) is 28.7 Å². The predicted molar refractivity (Wildman–Crippen MR) is 84.7 cm³/mol. The zero-order valence-corrected chi connectivity index (χ0v) is 13.7. The highest BCUT2D eigenvalue weighted by Crippen LogP contribution is 2.36. The fourth-order valence-electron chi connectivity index (χ4n) is 2.71.